The number of aromatic nitrogens is 2. The number of carbonyl (C=O) groups excluding carboxylic acids is 1. The lowest BCUT2D eigenvalue weighted by atomic mass is 10.00. The smallest absolute Gasteiger partial charge is 0.280 e. The lowest BCUT2D eigenvalue weighted by Crippen LogP contribution is -2.33. The maximum atomic E-state index is 13.8. The summed E-state index contributed by atoms with van der Waals surface area (Å²) >= 11 is 0. The molecule has 5 nitrogen and oxygen atoms in total. The first-order chi connectivity index (χ1) is 12.4. The largest absolute Gasteiger partial charge is 0.490 e. The fourth-order valence-electron chi connectivity index (χ4n) is 3.06. The van der Waals surface area contributed by atoms with Crippen LogP contribution in [0, 0.1) is 11.7 Å². The van der Waals surface area contributed by atoms with Gasteiger partial charge in [-0.3, -0.25) is 9.48 Å². The Morgan fingerprint density at radius 2 is 2.19 bits per heavy atom. The van der Waals surface area contributed by atoms with Crippen molar-refractivity contribution in [2.24, 2.45) is 5.92 Å². The normalized spacial score (nSPS) is 16.5. The van der Waals surface area contributed by atoms with Gasteiger partial charge in [0.1, 0.15) is 5.69 Å². The molecule has 8 heteroatoms. The first kappa shape index (κ1) is 18.3. The molecule has 1 aliphatic heterocycles. The molecule has 1 N–H and O–H groups in total. The molecule has 26 heavy (non-hydrogen) atoms. The molecular formula is C18H20F3N3O2. The van der Waals surface area contributed by atoms with Crippen molar-refractivity contribution in [3.05, 3.63) is 47.0 Å². The summed E-state index contributed by atoms with van der Waals surface area (Å²) in [5.41, 5.74) is -0.0643. The molecule has 140 valence electrons. The number of fused-ring (bicyclic) bond motifs is 1. The van der Waals surface area contributed by atoms with Crippen molar-refractivity contribution < 1.29 is 22.7 Å². The first-order valence-corrected chi connectivity index (χ1v) is 8.44. The van der Waals surface area contributed by atoms with Crippen LogP contribution in [0.1, 0.15) is 54.4 Å². The molecule has 0 bridgehead atoms. The van der Waals surface area contributed by atoms with Gasteiger partial charge in [0.25, 0.3) is 12.3 Å². The van der Waals surface area contributed by atoms with Crippen LogP contribution in [0.2, 0.25) is 0 Å². The van der Waals surface area contributed by atoms with Crippen molar-refractivity contribution in [3.8, 4) is 5.75 Å². The van der Waals surface area contributed by atoms with Crippen molar-refractivity contribution in [2.45, 2.75) is 39.3 Å². The fourth-order valence-corrected chi connectivity index (χ4v) is 3.06. The zero-order chi connectivity index (χ0) is 18.8. The maximum Gasteiger partial charge on any atom is 0.280 e. The Morgan fingerprint density at radius 3 is 2.88 bits per heavy atom. The summed E-state index contributed by atoms with van der Waals surface area (Å²) < 4.78 is 47.3. The van der Waals surface area contributed by atoms with Gasteiger partial charge in [0.15, 0.2) is 11.6 Å². The van der Waals surface area contributed by atoms with Gasteiger partial charge in [-0.15, -0.1) is 0 Å². The van der Waals surface area contributed by atoms with Crippen LogP contribution in [0.15, 0.2) is 24.4 Å². The number of rotatable bonds is 5. The number of carbonyl (C=O) groups is 1. The van der Waals surface area contributed by atoms with E-state index < -0.39 is 29.9 Å². The van der Waals surface area contributed by atoms with E-state index in [0.29, 0.717) is 12.0 Å². The zero-order valence-corrected chi connectivity index (χ0v) is 14.5. The Hall–Kier alpha value is -2.51. The van der Waals surface area contributed by atoms with E-state index in [1.54, 1.807) is 6.07 Å². The Kier molecular flexibility index (Phi) is 5.20. The van der Waals surface area contributed by atoms with Crippen LogP contribution in [0.3, 0.4) is 0 Å². The number of para-hydroxylation sites is 1. The van der Waals surface area contributed by atoms with E-state index in [1.807, 2.05) is 13.8 Å². The highest BCUT2D eigenvalue weighted by molar-refractivity contribution is 5.95. The Morgan fingerprint density at radius 1 is 1.42 bits per heavy atom. The van der Waals surface area contributed by atoms with Gasteiger partial charge in [-0.05, 0) is 12.0 Å². The van der Waals surface area contributed by atoms with E-state index in [9.17, 15) is 18.0 Å². The topological polar surface area (TPSA) is 56.2 Å². The second-order valence-electron chi connectivity index (χ2n) is 6.64. The number of nitrogens with one attached hydrogen (secondary N) is 1. The van der Waals surface area contributed by atoms with Crippen molar-refractivity contribution >= 4 is 5.91 Å². The van der Waals surface area contributed by atoms with Crippen LogP contribution in [0.25, 0.3) is 0 Å². The third-order valence-electron chi connectivity index (χ3n) is 4.20. The van der Waals surface area contributed by atoms with Crippen LogP contribution >= 0.6 is 0 Å². The van der Waals surface area contributed by atoms with Gasteiger partial charge in [-0.25, -0.2) is 13.2 Å². The third-order valence-corrected chi connectivity index (χ3v) is 4.20. The Labute approximate surface area is 149 Å². The molecule has 0 unspecified atom stereocenters. The quantitative estimate of drug-likeness (QED) is 0.873. The number of hydrogen-bond donors (Lipinski definition) is 1. The summed E-state index contributed by atoms with van der Waals surface area (Å²) in [7, 11) is 0. The minimum Gasteiger partial charge on any atom is -0.490 e. The Balaban J connectivity index is 1.86. The average molecular weight is 367 g/mol. The molecule has 1 aromatic carbocycles. The molecule has 1 amide bonds. The summed E-state index contributed by atoms with van der Waals surface area (Å²) in [6.07, 6.45) is -1.24. The van der Waals surface area contributed by atoms with Gasteiger partial charge < -0.3 is 10.1 Å². The van der Waals surface area contributed by atoms with E-state index >= 15 is 0 Å². The molecule has 0 saturated heterocycles. The van der Waals surface area contributed by atoms with Crippen molar-refractivity contribution in [3.63, 3.8) is 0 Å². The highest BCUT2D eigenvalue weighted by Gasteiger charge is 2.29. The molecule has 0 spiro atoms. The molecule has 0 fully saturated rings. The lowest BCUT2D eigenvalue weighted by molar-refractivity contribution is 0.0906. The van der Waals surface area contributed by atoms with Crippen LogP contribution in [-0.4, -0.2) is 22.3 Å². The second kappa shape index (κ2) is 7.39. The number of halogens is 3. The van der Waals surface area contributed by atoms with Gasteiger partial charge in [0.2, 0.25) is 0 Å². The number of alkyl halides is 2. The molecule has 3 rings (SSSR count). The number of hydrogen-bond acceptors (Lipinski definition) is 3. The number of ether oxygens (including phenoxy) is 1. The number of nitrogens with zero attached hydrogens (tertiary/aromatic N) is 2. The van der Waals surface area contributed by atoms with Crippen LogP contribution in [0.4, 0.5) is 13.2 Å². The molecule has 1 atom stereocenters. The Bertz CT molecular complexity index is 805. The van der Waals surface area contributed by atoms with E-state index in [4.69, 9.17) is 4.74 Å². The first-order valence-electron chi connectivity index (χ1n) is 8.44. The maximum absolute atomic E-state index is 13.8. The van der Waals surface area contributed by atoms with Gasteiger partial charge in [0, 0.05) is 18.5 Å². The fraction of sp³-hybridized carbons (Fsp3) is 0.444. The molecule has 0 radical (unpaired) electrons. The molecule has 1 aromatic heterocycles. The average Bonchev–Trinajstić information content (AvgIpc) is 2.99. The van der Waals surface area contributed by atoms with Crippen molar-refractivity contribution in [1.29, 1.82) is 0 Å². The van der Waals surface area contributed by atoms with E-state index in [0.717, 1.165) is 6.20 Å². The highest BCUT2D eigenvalue weighted by atomic mass is 19.3. The minimum atomic E-state index is -2.82. The van der Waals surface area contributed by atoms with E-state index in [2.05, 4.69) is 10.4 Å². The summed E-state index contributed by atoms with van der Waals surface area (Å²) in [5, 5.41) is 6.65. The molecule has 1 aliphatic rings. The molecule has 2 aromatic rings. The van der Waals surface area contributed by atoms with Crippen LogP contribution in [0.5, 0.6) is 5.75 Å². The lowest BCUT2D eigenvalue weighted by Gasteiger charge is -2.27. The standard InChI is InChI=1S/C18H20F3N3O2/c1-10(2)9-24-15(17(20)21)12(8-22-24)18(25)23-14-6-7-26-16-11(14)4-3-5-13(16)19/h3-5,8,10,14,17H,6-7,9H2,1-2H3,(H,23,25)/t14-/m0/s1. The van der Waals surface area contributed by atoms with E-state index in [-0.39, 0.29) is 30.4 Å². The molecule has 0 aliphatic carbocycles. The monoisotopic (exact) mass is 367 g/mol. The van der Waals surface area contributed by atoms with Crippen LogP contribution in [-0.2, 0) is 6.54 Å². The summed E-state index contributed by atoms with van der Waals surface area (Å²) in [4.78, 5) is 12.6. The second-order valence-corrected chi connectivity index (χ2v) is 6.64. The molecule has 2 heterocycles. The van der Waals surface area contributed by atoms with Crippen molar-refractivity contribution in [2.75, 3.05) is 6.61 Å². The molecule has 0 saturated carbocycles. The highest BCUT2D eigenvalue weighted by Crippen LogP contribution is 2.34. The summed E-state index contributed by atoms with van der Waals surface area (Å²) in [5.74, 6) is -0.973. The van der Waals surface area contributed by atoms with Gasteiger partial charge in [-0.1, -0.05) is 26.0 Å². The number of amides is 1. The summed E-state index contributed by atoms with van der Waals surface area (Å²) in [6.45, 7) is 4.28. The minimum absolute atomic E-state index is 0.0913. The molecular weight excluding hydrogens is 347 g/mol. The predicted molar refractivity (Wildman–Crippen MR) is 88.7 cm³/mol. The van der Waals surface area contributed by atoms with Gasteiger partial charge >= 0.3 is 0 Å². The van der Waals surface area contributed by atoms with Crippen LogP contribution < -0.4 is 10.1 Å². The van der Waals surface area contributed by atoms with Gasteiger partial charge in [-0.2, -0.15) is 5.10 Å². The third kappa shape index (κ3) is 3.54. The SMILES string of the molecule is CC(C)Cn1ncc(C(=O)N[C@H]2CCOc3c(F)cccc32)c1C(F)F. The zero-order valence-electron chi connectivity index (χ0n) is 14.5. The number of benzene rings is 1. The van der Waals surface area contributed by atoms with E-state index in [1.165, 1.54) is 16.8 Å². The summed E-state index contributed by atoms with van der Waals surface area (Å²) in [6, 6.07) is 3.93. The predicted octanol–water partition coefficient (Wildman–Crippen LogP) is 3.87. The van der Waals surface area contributed by atoms with Crippen molar-refractivity contribution in [1.82, 2.24) is 15.1 Å². The van der Waals surface area contributed by atoms with Gasteiger partial charge in [0.05, 0.1) is 24.4 Å².